The molecule has 0 bridgehead atoms. The summed E-state index contributed by atoms with van der Waals surface area (Å²) >= 11 is 0. The number of piperidine rings is 1. The summed E-state index contributed by atoms with van der Waals surface area (Å²) in [5.74, 6) is 0.452. The number of rotatable bonds is 5. The van der Waals surface area contributed by atoms with Crippen LogP contribution in [0.15, 0.2) is 42.0 Å². The molecule has 1 fully saturated rings. The first-order chi connectivity index (χ1) is 10.3. The van der Waals surface area contributed by atoms with Crippen LogP contribution in [0.3, 0.4) is 0 Å². The van der Waals surface area contributed by atoms with E-state index in [0.29, 0.717) is 19.7 Å². The third-order valence-electron chi connectivity index (χ3n) is 3.83. The Labute approximate surface area is 121 Å². The number of unbranched alkanes of at least 4 members (excludes halogenated alkanes) is 2. The van der Waals surface area contributed by atoms with Gasteiger partial charge in [-0.25, -0.2) is 0 Å². The maximum atomic E-state index is 7.74. The lowest BCUT2D eigenvalue weighted by atomic mass is 9.91. The third-order valence-corrected chi connectivity index (χ3v) is 3.83. The molecule has 1 aliphatic heterocycles. The minimum atomic E-state index is 0.452. The van der Waals surface area contributed by atoms with Crippen LogP contribution in [0.2, 0.25) is 0 Å². The van der Waals surface area contributed by atoms with Crippen molar-refractivity contribution in [3.8, 4) is 0 Å². The lowest BCUT2D eigenvalue weighted by Crippen LogP contribution is -2.34. The van der Waals surface area contributed by atoms with Gasteiger partial charge in [-0.15, -0.1) is 0 Å². The van der Waals surface area contributed by atoms with Gasteiger partial charge in [0.15, 0.2) is 0 Å². The van der Waals surface area contributed by atoms with E-state index in [0.717, 1.165) is 45.3 Å². The summed E-state index contributed by atoms with van der Waals surface area (Å²) in [6.45, 7) is 4.17. The molecule has 0 aliphatic carbocycles. The molecular formula is C18H27N. The molecule has 0 N–H and O–H groups in total. The average Bonchev–Trinajstić information content (AvgIpc) is 2.53. The van der Waals surface area contributed by atoms with Crippen LogP contribution in [0.1, 0.15) is 47.8 Å². The molecule has 19 heavy (non-hydrogen) atoms. The molecule has 1 saturated heterocycles. The van der Waals surface area contributed by atoms with Gasteiger partial charge in [0.2, 0.25) is 0 Å². The summed E-state index contributed by atoms with van der Waals surface area (Å²) in [5.41, 5.74) is 2.83. The molecular weight excluding hydrogens is 230 g/mol. The lowest BCUT2D eigenvalue weighted by molar-refractivity contribution is 0.231. The number of benzene rings is 1. The molecule has 2 rings (SSSR count). The Morgan fingerprint density at radius 3 is 3.05 bits per heavy atom. The minimum absolute atomic E-state index is 0.452. The number of nitrogens with zero attached hydrogens (tertiary/aromatic N) is 1. The van der Waals surface area contributed by atoms with Gasteiger partial charge in [0.1, 0.15) is 0 Å². The van der Waals surface area contributed by atoms with E-state index in [4.69, 9.17) is 2.74 Å². The predicted octanol–water partition coefficient (Wildman–Crippen LogP) is 4.65. The normalized spacial score (nSPS) is 24.2. The highest BCUT2D eigenvalue weighted by atomic mass is 15.1. The molecule has 104 valence electrons. The van der Waals surface area contributed by atoms with E-state index in [2.05, 4.69) is 41.3 Å². The van der Waals surface area contributed by atoms with Gasteiger partial charge in [-0.3, -0.25) is 4.90 Å². The van der Waals surface area contributed by atoms with E-state index in [-0.39, 0.29) is 0 Å². The Morgan fingerprint density at radius 1 is 1.37 bits per heavy atom. The Kier molecular flexibility index (Phi) is 4.62. The van der Waals surface area contributed by atoms with Crippen LogP contribution in [0.4, 0.5) is 0 Å². The van der Waals surface area contributed by atoms with Crippen molar-refractivity contribution in [2.45, 2.75) is 46.0 Å². The van der Waals surface area contributed by atoms with Crippen molar-refractivity contribution >= 4 is 0 Å². The summed E-state index contributed by atoms with van der Waals surface area (Å²) < 4.78 is 14.9. The maximum Gasteiger partial charge on any atom is 0.0237 e. The van der Waals surface area contributed by atoms with Gasteiger partial charge >= 0.3 is 0 Å². The highest BCUT2D eigenvalue weighted by molar-refractivity contribution is 5.16. The molecule has 0 aromatic heterocycles. The Bertz CT molecular complexity index is 430. The Hall–Kier alpha value is -1.08. The van der Waals surface area contributed by atoms with Crippen molar-refractivity contribution in [3.05, 3.63) is 47.5 Å². The standard InChI is InChI=1S/C18H27N/c1-3-4-6-11-18-15-19(13-12-16(18)2)14-17-9-7-5-8-10-17/h5,7-11,16H,3-4,6,12-15H2,1-2H3/b18-11+/i1D,2D. The van der Waals surface area contributed by atoms with E-state index in [1.54, 1.807) is 0 Å². The molecule has 0 spiro atoms. The zero-order chi connectivity index (χ0) is 14.9. The van der Waals surface area contributed by atoms with Gasteiger partial charge in [-0.2, -0.15) is 0 Å². The average molecular weight is 259 g/mol. The van der Waals surface area contributed by atoms with Crippen LogP contribution in [-0.2, 0) is 6.54 Å². The summed E-state index contributed by atoms with van der Waals surface area (Å²) in [4.78, 5) is 2.50. The fourth-order valence-electron chi connectivity index (χ4n) is 2.63. The first-order valence-electron chi connectivity index (χ1n) is 8.78. The monoisotopic (exact) mass is 259 g/mol. The van der Waals surface area contributed by atoms with Crippen LogP contribution >= 0.6 is 0 Å². The number of hydrogen-bond donors (Lipinski definition) is 0. The van der Waals surface area contributed by atoms with E-state index >= 15 is 0 Å². The second-order valence-corrected chi connectivity index (χ2v) is 5.46. The number of allylic oxidation sites excluding steroid dienone is 1. The Balaban J connectivity index is 1.91. The fourth-order valence-corrected chi connectivity index (χ4v) is 2.63. The molecule has 1 unspecified atom stereocenters. The Morgan fingerprint density at radius 2 is 2.26 bits per heavy atom. The SMILES string of the molecule is [2H]CCCC/C=C1\CN(Cc2ccccc2)CCC1C[2H]. The van der Waals surface area contributed by atoms with E-state index in [1.165, 1.54) is 11.1 Å². The van der Waals surface area contributed by atoms with Gasteiger partial charge in [0, 0.05) is 15.8 Å². The summed E-state index contributed by atoms with van der Waals surface area (Å²) in [6, 6.07) is 10.6. The third kappa shape index (κ3) is 4.50. The van der Waals surface area contributed by atoms with E-state index < -0.39 is 0 Å². The number of likely N-dealkylation sites (tertiary alicyclic amines) is 1. The maximum absolute atomic E-state index is 7.74. The zero-order valence-electron chi connectivity index (χ0n) is 13.9. The molecule has 1 heterocycles. The van der Waals surface area contributed by atoms with E-state index in [1.807, 2.05) is 0 Å². The predicted molar refractivity (Wildman–Crippen MR) is 83.1 cm³/mol. The van der Waals surface area contributed by atoms with Crippen LogP contribution in [0.25, 0.3) is 0 Å². The van der Waals surface area contributed by atoms with Crippen molar-refractivity contribution in [1.82, 2.24) is 4.90 Å². The van der Waals surface area contributed by atoms with Crippen molar-refractivity contribution in [1.29, 1.82) is 0 Å². The topological polar surface area (TPSA) is 3.24 Å². The molecule has 1 nitrogen and oxygen atoms in total. The molecule has 1 atom stereocenters. The molecule has 0 saturated carbocycles. The summed E-state index contributed by atoms with van der Waals surface area (Å²) in [6.07, 6.45) is 6.63. The fraction of sp³-hybridized carbons (Fsp3) is 0.556. The summed E-state index contributed by atoms with van der Waals surface area (Å²) in [7, 11) is 0. The van der Waals surface area contributed by atoms with Gasteiger partial charge in [0.25, 0.3) is 0 Å². The molecule has 1 aromatic carbocycles. The van der Waals surface area contributed by atoms with Gasteiger partial charge in [0.05, 0.1) is 0 Å². The second-order valence-electron chi connectivity index (χ2n) is 5.46. The molecule has 1 heteroatoms. The lowest BCUT2D eigenvalue weighted by Gasteiger charge is -2.33. The smallest absolute Gasteiger partial charge is 0.0237 e. The van der Waals surface area contributed by atoms with Crippen LogP contribution in [0.5, 0.6) is 0 Å². The van der Waals surface area contributed by atoms with Crippen molar-refractivity contribution in [2.75, 3.05) is 13.1 Å². The largest absolute Gasteiger partial charge is 0.295 e. The second kappa shape index (κ2) is 7.49. The minimum Gasteiger partial charge on any atom is -0.295 e. The molecule has 0 radical (unpaired) electrons. The van der Waals surface area contributed by atoms with Crippen molar-refractivity contribution < 1.29 is 2.74 Å². The van der Waals surface area contributed by atoms with E-state index in [9.17, 15) is 0 Å². The first kappa shape index (κ1) is 11.7. The number of hydrogen-bond acceptors (Lipinski definition) is 1. The highest BCUT2D eigenvalue weighted by Crippen LogP contribution is 2.24. The van der Waals surface area contributed by atoms with Crippen molar-refractivity contribution in [2.24, 2.45) is 5.92 Å². The first-order valence-corrected chi connectivity index (χ1v) is 7.37. The van der Waals surface area contributed by atoms with Crippen LogP contribution in [0, 0.1) is 5.92 Å². The molecule has 1 aliphatic rings. The molecule has 0 amide bonds. The van der Waals surface area contributed by atoms with Gasteiger partial charge < -0.3 is 0 Å². The van der Waals surface area contributed by atoms with Gasteiger partial charge in [-0.1, -0.05) is 68.6 Å². The molecule has 1 aromatic rings. The quantitative estimate of drug-likeness (QED) is 0.550. The zero-order valence-corrected chi connectivity index (χ0v) is 11.9. The van der Waals surface area contributed by atoms with Crippen LogP contribution < -0.4 is 0 Å². The van der Waals surface area contributed by atoms with Crippen molar-refractivity contribution in [3.63, 3.8) is 0 Å². The van der Waals surface area contributed by atoms with Gasteiger partial charge in [-0.05, 0) is 30.9 Å². The summed E-state index contributed by atoms with van der Waals surface area (Å²) in [5, 5.41) is 0. The highest BCUT2D eigenvalue weighted by Gasteiger charge is 2.19. The van der Waals surface area contributed by atoms with Crippen LogP contribution in [-0.4, -0.2) is 18.0 Å².